The van der Waals surface area contributed by atoms with E-state index in [1.54, 1.807) is 48.5 Å². The van der Waals surface area contributed by atoms with E-state index in [1.165, 1.54) is 11.6 Å². The maximum Gasteiger partial charge on any atom is 0.274 e. The fourth-order valence-corrected chi connectivity index (χ4v) is 8.00. The molecule has 0 spiro atoms. The smallest absolute Gasteiger partial charge is 0.274 e. The third kappa shape index (κ3) is 9.36. The lowest BCUT2D eigenvalue weighted by Gasteiger charge is -2.28. The molecule has 0 bridgehead atoms. The second kappa shape index (κ2) is 15.4. The minimum Gasteiger partial charge on any atom is -0.457 e. The van der Waals surface area contributed by atoms with Crippen LogP contribution in [-0.4, -0.2) is 72.2 Å². The lowest BCUT2D eigenvalue weighted by Crippen LogP contribution is -2.42. The molecule has 51 heavy (non-hydrogen) atoms. The number of alkyl halides is 2. The van der Waals surface area contributed by atoms with Gasteiger partial charge in [0, 0.05) is 97.2 Å². The fraction of sp³-hybridized carbons (Fsp3) is 0.390. The van der Waals surface area contributed by atoms with Gasteiger partial charge in [0.25, 0.3) is 5.92 Å². The van der Waals surface area contributed by atoms with Gasteiger partial charge in [-0.15, -0.1) is 0 Å². The first-order valence-corrected chi connectivity index (χ1v) is 19.4. The van der Waals surface area contributed by atoms with E-state index in [9.17, 15) is 13.0 Å². The summed E-state index contributed by atoms with van der Waals surface area (Å²) in [6.45, 7) is 16.5. The molecule has 2 heterocycles. The van der Waals surface area contributed by atoms with Crippen molar-refractivity contribution >= 4 is 15.4 Å². The molecule has 0 aromatic heterocycles. The van der Waals surface area contributed by atoms with Gasteiger partial charge >= 0.3 is 0 Å². The molecular formula is C41H50F2N4O3S. The summed E-state index contributed by atoms with van der Waals surface area (Å²) >= 11 is 0. The summed E-state index contributed by atoms with van der Waals surface area (Å²) in [5.41, 5.74) is 2.92. The van der Waals surface area contributed by atoms with Crippen LogP contribution in [0.25, 0.3) is 0 Å². The highest BCUT2D eigenvalue weighted by molar-refractivity contribution is 8.00. The minimum atomic E-state index is -3.08. The molecule has 1 atom stereocenters. The zero-order valence-corrected chi connectivity index (χ0v) is 31.0. The number of nitrogens with zero attached hydrogens (tertiary/aromatic N) is 2. The van der Waals surface area contributed by atoms with Gasteiger partial charge in [-0.1, -0.05) is 39.0 Å². The first-order chi connectivity index (χ1) is 24.3. The standard InChI is InChI=1S/C41H50F2N4O3S/c1-40(2,3)36-16-6-30(28-46-22-18-44-19-23-46)26-38(36)49-32-8-12-34(13-9-32)51(5,48)35-14-10-33(11-15-35)50-39-27-31(7-17-37(39)41(4,42)43)29-47-24-20-45-21-25-47/h6-17,26-27,44-45H,5,18-25,28-29H2,1-4H3. The third-order valence-electron chi connectivity index (χ3n) is 9.47. The Labute approximate surface area is 302 Å². The van der Waals surface area contributed by atoms with Gasteiger partial charge in [0.15, 0.2) is 0 Å². The summed E-state index contributed by atoms with van der Waals surface area (Å²) in [6.07, 6.45) is 0. The Morgan fingerprint density at radius 3 is 1.43 bits per heavy atom. The van der Waals surface area contributed by atoms with Crippen molar-refractivity contribution in [3.8, 4) is 23.0 Å². The Balaban J connectivity index is 1.17. The van der Waals surface area contributed by atoms with Crippen molar-refractivity contribution in [3.63, 3.8) is 0 Å². The van der Waals surface area contributed by atoms with Crippen molar-refractivity contribution in [2.45, 2.75) is 61.9 Å². The van der Waals surface area contributed by atoms with Crippen molar-refractivity contribution in [1.82, 2.24) is 20.4 Å². The molecule has 0 amide bonds. The molecule has 0 saturated carbocycles. The quantitative estimate of drug-likeness (QED) is 0.155. The molecule has 4 aromatic carbocycles. The van der Waals surface area contributed by atoms with Crippen molar-refractivity contribution in [2.24, 2.45) is 0 Å². The maximum absolute atomic E-state index is 14.6. The van der Waals surface area contributed by atoms with Crippen molar-refractivity contribution < 1.29 is 22.5 Å². The van der Waals surface area contributed by atoms with Gasteiger partial charge in [-0.05, 0) is 89.1 Å². The molecule has 2 saturated heterocycles. The molecule has 10 heteroatoms. The number of rotatable bonds is 11. The van der Waals surface area contributed by atoms with E-state index >= 15 is 0 Å². The number of benzene rings is 4. The summed E-state index contributed by atoms with van der Waals surface area (Å²) in [5.74, 6) is 2.95. The van der Waals surface area contributed by atoms with Gasteiger partial charge in [0.2, 0.25) is 0 Å². The zero-order chi connectivity index (χ0) is 36.2. The highest BCUT2D eigenvalue weighted by Gasteiger charge is 2.29. The molecule has 0 radical (unpaired) electrons. The average Bonchev–Trinajstić information content (AvgIpc) is 3.09. The van der Waals surface area contributed by atoms with Gasteiger partial charge in [0.1, 0.15) is 23.0 Å². The second-order valence-electron chi connectivity index (χ2n) is 14.7. The summed E-state index contributed by atoms with van der Waals surface area (Å²) in [4.78, 5) is 5.79. The van der Waals surface area contributed by atoms with Crippen molar-refractivity contribution in [2.75, 3.05) is 52.4 Å². The number of nitrogens with one attached hydrogen (secondary N) is 2. The molecule has 7 nitrogen and oxygen atoms in total. The fourth-order valence-electron chi connectivity index (χ4n) is 6.58. The maximum atomic E-state index is 14.6. The van der Waals surface area contributed by atoms with Crippen LogP contribution in [0, 0.1) is 0 Å². The normalized spacial score (nSPS) is 17.5. The summed E-state index contributed by atoms with van der Waals surface area (Å²) in [5, 5.41) is 6.74. The first-order valence-electron chi connectivity index (χ1n) is 17.7. The molecule has 272 valence electrons. The Kier molecular flexibility index (Phi) is 11.2. The molecule has 6 rings (SSSR count). The predicted octanol–water partition coefficient (Wildman–Crippen LogP) is 7.63. The zero-order valence-electron chi connectivity index (χ0n) is 30.1. The number of hydrogen-bond acceptors (Lipinski definition) is 7. The van der Waals surface area contributed by atoms with Gasteiger partial charge in [-0.3, -0.25) is 14.0 Å². The SMILES string of the molecule is C=S(=O)(c1ccc(Oc2cc(CN3CCNCC3)ccc2C(C)(C)C)cc1)c1ccc(Oc2cc(CN3CCNCC3)ccc2C(C)(F)F)cc1. The third-order valence-corrected chi connectivity index (χ3v) is 11.5. The van der Waals surface area contributed by atoms with Crippen LogP contribution in [0.15, 0.2) is 94.7 Å². The highest BCUT2D eigenvalue weighted by atomic mass is 32.2. The number of hydrogen-bond donors (Lipinski definition) is 2. The van der Waals surface area contributed by atoms with E-state index in [-0.39, 0.29) is 16.7 Å². The molecule has 2 aliphatic rings. The number of halogens is 2. The van der Waals surface area contributed by atoms with Gasteiger partial charge in [-0.25, -0.2) is 8.78 Å². The molecule has 2 fully saturated rings. The Bertz CT molecular complexity index is 1760. The van der Waals surface area contributed by atoms with Crippen LogP contribution in [0.3, 0.4) is 0 Å². The minimum absolute atomic E-state index is 0.109. The Morgan fingerprint density at radius 2 is 1.04 bits per heavy atom. The molecule has 4 aromatic rings. The van der Waals surface area contributed by atoms with E-state index in [2.05, 4.69) is 65.3 Å². The summed E-state index contributed by atoms with van der Waals surface area (Å²) in [6, 6.07) is 25.3. The summed E-state index contributed by atoms with van der Waals surface area (Å²) in [7, 11) is -2.88. The van der Waals surface area contributed by atoms with Crippen LogP contribution in [-0.2, 0) is 33.9 Å². The highest BCUT2D eigenvalue weighted by Crippen LogP contribution is 2.39. The number of ether oxygens (including phenoxy) is 2. The van der Waals surface area contributed by atoms with Crippen LogP contribution >= 0.6 is 0 Å². The Hall–Kier alpha value is -3.80. The van der Waals surface area contributed by atoms with Gasteiger partial charge < -0.3 is 20.1 Å². The molecule has 0 aliphatic carbocycles. The van der Waals surface area contributed by atoms with Gasteiger partial charge in [-0.2, -0.15) is 0 Å². The van der Waals surface area contributed by atoms with Crippen LogP contribution < -0.4 is 20.1 Å². The first kappa shape index (κ1) is 37.0. The van der Waals surface area contributed by atoms with E-state index in [4.69, 9.17) is 9.47 Å². The number of piperazine rings is 2. The van der Waals surface area contributed by atoms with E-state index in [0.29, 0.717) is 27.8 Å². The van der Waals surface area contributed by atoms with Crippen LogP contribution in [0.5, 0.6) is 23.0 Å². The van der Waals surface area contributed by atoms with Crippen molar-refractivity contribution in [1.29, 1.82) is 0 Å². The van der Waals surface area contributed by atoms with Crippen LogP contribution in [0.2, 0.25) is 0 Å². The van der Waals surface area contributed by atoms with Crippen LogP contribution in [0.1, 0.15) is 49.9 Å². The predicted molar refractivity (Wildman–Crippen MR) is 202 cm³/mol. The average molecular weight is 717 g/mol. The lowest BCUT2D eigenvalue weighted by molar-refractivity contribution is 0.0155. The molecule has 2 N–H and O–H groups in total. The molecule has 2 aliphatic heterocycles. The molecular weight excluding hydrogens is 667 g/mol. The second-order valence-corrected chi connectivity index (χ2v) is 17.0. The van der Waals surface area contributed by atoms with E-state index < -0.39 is 15.4 Å². The van der Waals surface area contributed by atoms with Gasteiger partial charge in [0.05, 0.1) is 5.56 Å². The monoisotopic (exact) mass is 716 g/mol. The topological polar surface area (TPSA) is 66.1 Å². The molecule has 1 unspecified atom stereocenters. The summed E-state index contributed by atoms with van der Waals surface area (Å²) < 4.78 is 55.8. The largest absolute Gasteiger partial charge is 0.457 e. The van der Waals surface area contributed by atoms with Crippen LogP contribution in [0.4, 0.5) is 8.78 Å². The van der Waals surface area contributed by atoms with E-state index in [0.717, 1.165) is 82.7 Å². The Morgan fingerprint density at radius 1 is 0.647 bits per heavy atom. The van der Waals surface area contributed by atoms with Crippen molar-refractivity contribution in [3.05, 3.63) is 107 Å². The lowest BCUT2D eigenvalue weighted by atomic mass is 9.85. The van der Waals surface area contributed by atoms with E-state index in [1.807, 2.05) is 12.1 Å².